The number of nitrogen functional groups attached to an aromatic ring is 1. The zero-order valence-electron chi connectivity index (χ0n) is 23.4. The van der Waals surface area contributed by atoms with E-state index in [1.165, 1.54) is 19.1 Å². The maximum absolute atomic E-state index is 14.4. The van der Waals surface area contributed by atoms with Crippen molar-refractivity contribution in [3.63, 3.8) is 0 Å². The lowest BCUT2D eigenvalue weighted by Gasteiger charge is -2.34. The number of nitrogens with zero attached hydrogens (tertiary/aromatic N) is 2. The van der Waals surface area contributed by atoms with Gasteiger partial charge in [0.25, 0.3) is 11.8 Å². The summed E-state index contributed by atoms with van der Waals surface area (Å²) in [6.07, 6.45) is 4.80. The Morgan fingerprint density at radius 2 is 1.71 bits per heavy atom. The molecule has 3 amide bonds. The Bertz CT molecular complexity index is 1490. The summed E-state index contributed by atoms with van der Waals surface area (Å²) in [4.78, 5) is 41.9. The van der Waals surface area contributed by atoms with E-state index < -0.39 is 23.8 Å². The monoisotopic (exact) mass is 595 g/mol. The van der Waals surface area contributed by atoms with Crippen LogP contribution < -0.4 is 40.6 Å². The number of carbonyl (C=O) groups excluding carboxylic acids is 3. The third-order valence-corrected chi connectivity index (χ3v) is 8.21. The Kier molecular flexibility index (Phi) is 8.67. The van der Waals surface area contributed by atoms with Crippen LogP contribution >= 0.6 is 11.5 Å². The Labute approximate surface area is 247 Å². The molecular weight excluding hydrogens is 562 g/mol. The number of hydrogen-bond acceptors (Lipinski definition) is 10. The molecule has 1 aromatic heterocycles. The Hall–Kier alpha value is -4.52. The number of hydrogen-bond donors (Lipinski definition) is 3. The van der Waals surface area contributed by atoms with E-state index in [0.717, 1.165) is 43.6 Å². The molecule has 0 bridgehead atoms. The summed E-state index contributed by atoms with van der Waals surface area (Å²) in [5, 5.41) is 3.16. The number of benzene rings is 2. The normalized spacial score (nSPS) is 15.4. The number of anilines is 2. The molecule has 2 aromatic carbocycles. The fraction of sp³-hybridized carbons (Fsp3) is 0.379. The van der Waals surface area contributed by atoms with Gasteiger partial charge >= 0.3 is 0 Å². The number of nitrogens with two attached hydrogens (primary N) is 2. The van der Waals surface area contributed by atoms with Gasteiger partial charge in [0.2, 0.25) is 5.91 Å². The highest BCUT2D eigenvalue weighted by Gasteiger charge is 2.38. The molecule has 0 spiro atoms. The second-order valence-corrected chi connectivity index (χ2v) is 10.8. The SMILES string of the molecule is COc1ccc(C(C(=O)NC2CCCCC2)N(C(=O)c2snc(C(N)=O)c2N)c2ccc3c(c2)OCCO3)cc1OC. The van der Waals surface area contributed by atoms with Gasteiger partial charge in [0.15, 0.2) is 28.7 Å². The molecular formula is C29H33N5O7S. The standard InChI is InChI=1S/C29H33N5O7S/c1-38-19-10-8-16(14-21(19)39-2)25(28(36)32-17-6-4-3-5-7-17)34(18-9-11-20-22(15-18)41-13-12-40-20)29(37)26-23(30)24(27(31)35)33-42-26/h8-11,14-15,17,25H,3-7,12-13,30H2,1-2H3,(H2,31,35)(H,32,36). The molecule has 0 radical (unpaired) electrons. The fourth-order valence-corrected chi connectivity index (χ4v) is 6.01. The molecule has 1 aliphatic heterocycles. The zero-order chi connectivity index (χ0) is 29.8. The Morgan fingerprint density at radius 1 is 1.00 bits per heavy atom. The molecule has 3 aromatic rings. The van der Waals surface area contributed by atoms with E-state index in [0.29, 0.717) is 47.5 Å². The van der Waals surface area contributed by atoms with Crippen LogP contribution in [-0.4, -0.2) is 55.6 Å². The highest BCUT2D eigenvalue weighted by Crippen LogP contribution is 2.40. The van der Waals surface area contributed by atoms with E-state index in [2.05, 4.69) is 9.69 Å². The van der Waals surface area contributed by atoms with E-state index in [4.69, 9.17) is 30.4 Å². The topological polar surface area (TPSA) is 168 Å². The lowest BCUT2D eigenvalue weighted by molar-refractivity contribution is -0.123. The van der Waals surface area contributed by atoms with Gasteiger partial charge < -0.3 is 35.7 Å². The Morgan fingerprint density at radius 3 is 2.38 bits per heavy atom. The zero-order valence-corrected chi connectivity index (χ0v) is 24.2. The number of fused-ring (bicyclic) bond motifs is 1. The minimum atomic E-state index is -1.18. The molecule has 1 atom stereocenters. The van der Waals surface area contributed by atoms with Gasteiger partial charge in [-0.15, -0.1) is 0 Å². The maximum Gasteiger partial charge on any atom is 0.273 e. The van der Waals surface area contributed by atoms with E-state index in [9.17, 15) is 14.4 Å². The summed E-state index contributed by atoms with van der Waals surface area (Å²) in [6.45, 7) is 0.718. The minimum absolute atomic E-state index is 0.0327. The first-order valence-electron chi connectivity index (χ1n) is 13.6. The van der Waals surface area contributed by atoms with Crippen LogP contribution in [0.3, 0.4) is 0 Å². The van der Waals surface area contributed by atoms with Gasteiger partial charge in [0.1, 0.15) is 24.1 Å². The van der Waals surface area contributed by atoms with Crippen molar-refractivity contribution in [3.8, 4) is 23.0 Å². The fourth-order valence-electron chi connectivity index (χ4n) is 5.27. The molecule has 5 rings (SSSR count). The third kappa shape index (κ3) is 5.77. The summed E-state index contributed by atoms with van der Waals surface area (Å²) < 4.78 is 26.4. The van der Waals surface area contributed by atoms with Crippen molar-refractivity contribution in [1.82, 2.24) is 9.69 Å². The number of rotatable bonds is 9. The van der Waals surface area contributed by atoms with Crippen molar-refractivity contribution in [2.24, 2.45) is 5.73 Å². The lowest BCUT2D eigenvalue weighted by atomic mass is 9.94. The van der Waals surface area contributed by atoms with Gasteiger partial charge in [-0.1, -0.05) is 25.3 Å². The molecule has 42 heavy (non-hydrogen) atoms. The second-order valence-electron chi connectivity index (χ2n) is 10.0. The number of carbonyl (C=O) groups is 3. The molecule has 13 heteroatoms. The number of ether oxygens (including phenoxy) is 4. The molecule has 1 fully saturated rings. The summed E-state index contributed by atoms with van der Waals surface area (Å²) in [5.41, 5.74) is 12.1. The van der Waals surface area contributed by atoms with Gasteiger partial charge in [-0.25, -0.2) is 0 Å². The van der Waals surface area contributed by atoms with Crippen LogP contribution in [0, 0.1) is 0 Å². The second kappa shape index (κ2) is 12.6. The quantitative estimate of drug-likeness (QED) is 0.335. The van der Waals surface area contributed by atoms with Gasteiger partial charge in [-0.05, 0) is 54.2 Å². The highest BCUT2D eigenvalue weighted by atomic mass is 32.1. The van der Waals surface area contributed by atoms with E-state index in [-0.39, 0.29) is 22.3 Å². The number of primary amides is 1. The van der Waals surface area contributed by atoms with Crippen molar-refractivity contribution in [2.75, 3.05) is 38.1 Å². The smallest absolute Gasteiger partial charge is 0.273 e. The van der Waals surface area contributed by atoms with Crippen molar-refractivity contribution in [3.05, 3.63) is 52.5 Å². The highest BCUT2D eigenvalue weighted by molar-refractivity contribution is 7.09. The van der Waals surface area contributed by atoms with Gasteiger partial charge in [-0.2, -0.15) is 4.37 Å². The molecule has 2 heterocycles. The van der Waals surface area contributed by atoms with Crippen LogP contribution in [-0.2, 0) is 4.79 Å². The van der Waals surface area contributed by atoms with Crippen LogP contribution in [0.25, 0.3) is 0 Å². The van der Waals surface area contributed by atoms with Crippen LogP contribution in [0.4, 0.5) is 11.4 Å². The molecule has 2 aliphatic rings. The van der Waals surface area contributed by atoms with Crippen LogP contribution in [0.1, 0.15) is 63.9 Å². The minimum Gasteiger partial charge on any atom is -0.493 e. The first kappa shape index (κ1) is 29.0. The van der Waals surface area contributed by atoms with Gasteiger partial charge in [0, 0.05) is 17.8 Å². The number of amides is 3. The number of nitrogens with one attached hydrogen (secondary N) is 1. The lowest BCUT2D eigenvalue weighted by Crippen LogP contribution is -2.47. The van der Waals surface area contributed by atoms with Gasteiger partial charge in [-0.3, -0.25) is 19.3 Å². The number of aromatic nitrogens is 1. The largest absolute Gasteiger partial charge is 0.493 e. The summed E-state index contributed by atoms with van der Waals surface area (Å²) in [6, 6.07) is 8.80. The predicted octanol–water partition coefficient (Wildman–Crippen LogP) is 3.45. The van der Waals surface area contributed by atoms with Crippen LogP contribution in [0.5, 0.6) is 23.0 Å². The predicted molar refractivity (Wildman–Crippen MR) is 157 cm³/mol. The van der Waals surface area contributed by atoms with Crippen molar-refractivity contribution < 1.29 is 33.3 Å². The summed E-state index contributed by atoms with van der Waals surface area (Å²) in [7, 11) is 3.00. The Balaban J connectivity index is 1.67. The average molecular weight is 596 g/mol. The maximum atomic E-state index is 14.4. The molecule has 222 valence electrons. The van der Waals surface area contributed by atoms with Crippen molar-refractivity contribution in [2.45, 2.75) is 44.2 Å². The van der Waals surface area contributed by atoms with Crippen LogP contribution in [0.2, 0.25) is 0 Å². The van der Waals surface area contributed by atoms with E-state index in [1.807, 2.05) is 0 Å². The molecule has 1 unspecified atom stereocenters. The first-order chi connectivity index (χ1) is 20.3. The summed E-state index contributed by atoms with van der Waals surface area (Å²) in [5.74, 6) is -0.120. The first-order valence-corrected chi connectivity index (χ1v) is 14.4. The average Bonchev–Trinajstić information content (AvgIpc) is 3.40. The molecule has 1 aliphatic carbocycles. The van der Waals surface area contributed by atoms with E-state index in [1.54, 1.807) is 36.4 Å². The van der Waals surface area contributed by atoms with Gasteiger partial charge in [0.05, 0.1) is 19.9 Å². The van der Waals surface area contributed by atoms with Crippen LogP contribution in [0.15, 0.2) is 36.4 Å². The molecule has 1 saturated carbocycles. The summed E-state index contributed by atoms with van der Waals surface area (Å²) >= 11 is 0.739. The molecule has 0 saturated heterocycles. The van der Waals surface area contributed by atoms with Crippen molar-refractivity contribution >= 4 is 40.6 Å². The van der Waals surface area contributed by atoms with E-state index >= 15 is 0 Å². The molecule has 5 N–H and O–H groups in total. The number of methoxy groups -OCH3 is 2. The molecule has 12 nitrogen and oxygen atoms in total. The third-order valence-electron chi connectivity index (χ3n) is 7.36. The van der Waals surface area contributed by atoms with Crippen molar-refractivity contribution in [1.29, 1.82) is 0 Å².